The Hall–Kier alpha value is -2.04. The van der Waals surface area contributed by atoms with E-state index < -0.39 is 0 Å². The first-order chi connectivity index (χ1) is 13.1. The van der Waals surface area contributed by atoms with Crippen LogP contribution in [0.15, 0.2) is 47.6 Å². The van der Waals surface area contributed by atoms with E-state index in [4.69, 9.17) is 27.9 Å². The van der Waals surface area contributed by atoms with Crippen LogP contribution in [-0.4, -0.2) is 18.7 Å². The van der Waals surface area contributed by atoms with Gasteiger partial charge in [0.1, 0.15) is 0 Å². The third kappa shape index (κ3) is 7.61. The summed E-state index contributed by atoms with van der Waals surface area (Å²) in [5.41, 5.74) is 4.11. The van der Waals surface area contributed by atoms with Crippen LogP contribution in [0.1, 0.15) is 43.7 Å². The lowest BCUT2D eigenvalue weighted by Crippen LogP contribution is -2.19. The topological polar surface area (TPSA) is 50.7 Å². The van der Waals surface area contributed by atoms with Gasteiger partial charge in [0.15, 0.2) is 5.75 Å². The molecule has 0 saturated carbocycles. The second-order valence-corrected chi connectivity index (χ2v) is 6.99. The van der Waals surface area contributed by atoms with Crippen LogP contribution in [0, 0.1) is 0 Å². The third-order valence-electron chi connectivity index (χ3n) is 3.88. The molecule has 0 aliphatic carbocycles. The highest BCUT2D eigenvalue weighted by molar-refractivity contribution is 6.37. The fourth-order valence-corrected chi connectivity index (χ4v) is 3.11. The van der Waals surface area contributed by atoms with Crippen molar-refractivity contribution in [3.8, 4) is 5.75 Å². The van der Waals surface area contributed by atoms with E-state index in [1.54, 1.807) is 12.1 Å². The number of benzene rings is 2. The normalized spacial score (nSPS) is 10.9. The molecule has 0 aliphatic heterocycles. The molecule has 0 radical (unpaired) electrons. The first-order valence-corrected chi connectivity index (χ1v) is 9.83. The Kier molecular flexibility index (Phi) is 9.16. The highest BCUT2D eigenvalue weighted by Gasteiger charge is 2.09. The van der Waals surface area contributed by atoms with Gasteiger partial charge in [0, 0.05) is 0 Å². The number of rotatable bonds is 10. The highest BCUT2D eigenvalue weighted by atomic mass is 35.5. The summed E-state index contributed by atoms with van der Waals surface area (Å²) in [5.74, 6) is 0.293. The number of amides is 1. The minimum atomic E-state index is -0.193. The van der Waals surface area contributed by atoms with Gasteiger partial charge in [-0.1, -0.05) is 79.7 Å². The highest BCUT2D eigenvalue weighted by Crippen LogP contribution is 2.34. The number of unbranched alkanes of at least 4 members (excludes halogenated alkanes) is 3. The van der Waals surface area contributed by atoms with Crippen molar-refractivity contribution in [2.75, 3.05) is 6.61 Å². The molecule has 0 heterocycles. The van der Waals surface area contributed by atoms with Crippen molar-refractivity contribution in [1.29, 1.82) is 0 Å². The van der Waals surface area contributed by atoms with Crippen molar-refractivity contribution >= 4 is 35.3 Å². The van der Waals surface area contributed by atoms with Crippen molar-refractivity contribution < 1.29 is 9.53 Å². The van der Waals surface area contributed by atoms with Crippen molar-refractivity contribution in [2.24, 2.45) is 5.10 Å². The van der Waals surface area contributed by atoms with Gasteiger partial charge in [0.2, 0.25) is 5.91 Å². The summed E-state index contributed by atoms with van der Waals surface area (Å²) < 4.78 is 5.70. The van der Waals surface area contributed by atoms with Gasteiger partial charge in [-0.2, -0.15) is 5.10 Å². The zero-order valence-corrected chi connectivity index (χ0v) is 16.9. The molecule has 0 bridgehead atoms. The second kappa shape index (κ2) is 11.6. The molecule has 0 unspecified atom stereocenters. The number of hydrazone groups is 1. The van der Waals surface area contributed by atoms with Gasteiger partial charge in [-0.05, 0) is 29.7 Å². The van der Waals surface area contributed by atoms with Crippen molar-refractivity contribution in [3.63, 3.8) is 0 Å². The van der Waals surface area contributed by atoms with E-state index in [0.29, 0.717) is 28.0 Å². The number of hydrogen-bond acceptors (Lipinski definition) is 3. The molecular weight excluding hydrogens is 383 g/mol. The summed E-state index contributed by atoms with van der Waals surface area (Å²) in [4.78, 5) is 11.9. The minimum absolute atomic E-state index is 0.193. The largest absolute Gasteiger partial charge is 0.490 e. The average Bonchev–Trinajstić information content (AvgIpc) is 2.64. The summed E-state index contributed by atoms with van der Waals surface area (Å²) >= 11 is 12.5. The molecular formula is C21H24Cl2N2O2. The molecule has 0 aromatic heterocycles. The van der Waals surface area contributed by atoms with Gasteiger partial charge < -0.3 is 4.74 Å². The van der Waals surface area contributed by atoms with Gasteiger partial charge in [0.25, 0.3) is 0 Å². The van der Waals surface area contributed by atoms with E-state index in [1.807, 2.05) is 30.3 Å². The lowest BCUT2D eigenvalue weighted by atomic mass is 10.1. The smallest absolute Gasteiger partial charge is 0.244 e. The van der Waals surface area contributed by atoms with E-state index in [2.05, 4.69) is 17.5 Å². The summed E-state index contributed by atoms with van der Waals surface area (Å²) in [5, 5.41) is 4.81. The first kappa shape index (κ1) is 21.3. The quantitative estimate of drug-likeness (QED) is 0.315. The van der Waals surface area contributed by atoms with E-state index in [-0.39, 0.29) is 12.3 Å². The van der Waals surface area contributed by atoms with Crippen LogP contribution < -0.4 is 10.2 Å². The molecule has 2 aromatic carbocycles. The summed E-state index contributed by atoms with van der Waals surface area (Å²) in [6.45, 7) is 2.75. The summed E-state index contributed by atoms with van der Waals surface area (Å²) in [6.07, 6.45) is 6.24. The molecule has 27 heavy (non-hydrogen) atoms. The van der Waals surface area contributed by atoms with Gasteiger partial charge in [-0.3, -0.25) is 4.79 Å². The molecule has 144 valence electrons. The van der Waals surface area contributed by atoms with Crippen molar-refractivity contribution in [1.82, 2.24) is 5.43 Å². The SMILES string of the molecule is CCCCCCOc1c(Cl)cc(/C=N/NC(=O)Cc2ccccc2)cc1Cl. The Morgan fingerprint density at radius 2 is 1.81 bits per heavy atom. The molecule has 0 aliphatic rings. The molecule has 4 nitrogen and oxygen atoms in total. The van der Waals surface area contributed by atoms with Gasteiger partial charge in [0.05, 0.1) is 29.3 Å². The second-order valence-electron chi connectivity index (χ2n) is 6.18. The Morgan fingerprint density at radius 1 is 1.11 bits per heavy atom. The molecule has 2 aromatic rings. The van der Waals surface area contributed by atoms with Crippen LogP contribution in [0.3, 0.4) is 0 Å². The number of ether oxygens (including phenoxy) is 1. The number of nitrogens with one attached hydrogen (secondary N) is 1. The number of hydrogen-bond donors (Lipinski definition) is 1. The number of carbonyl (C=O) groups is 1. The summed E-state index contributed by atoms with van der Waals surface area (Å²) in [6, 6.07) is 12.9. The first-order valence-electron chi connectivity index (χ1n) is 9.07. The molecule has 0 fully saturated rings. The molecule has 2 rings (SSSR count). The van der Waals surface area contributed by atoms with E-state index in [0.717, 1.165) is 18.4 Å². The summed E-state index contributed by atoms with van der Waals surface area (Å²) in [7, 11) is 0. The third-order valence-corrected chi connectivity index (χ3v) is 4.44. The standard InChI is InChI=1S/C21H24Cl2N2O2/c1-2-3-4-8-11-27-21-18(22)12-17(13-19(21)23)15-24-25-20(26)14-16-9-6-5-7-10-16/h5-7,9-10,12-13,15H,2-4,8,11,14H2,1H3,(H,25,26)/b24-15+. The van der Waals surface area contributed by atoms with Crippen LogP contribution in [0.4, 0.5) is 0 Å². The fraction of sp³-hybridized carbons (Fsp3) is 0.333. The van der Waals surface area contributed by atoms with Gasteiger partial charge >= 0.3 is 0 Å². The average molecular weight is 407 g/mol. The van der Waals surface area contributed by atoms with Crippen molar-refractivity contribution in [2.45, 2.75) is 39.0 Å². The Morgan fingerprint density at radius 3 is 2.48 bits per heavy atom. The maximum atomic E-state index is 11.9. The van der Waals surface area contributed by atoms with Crippen LogP contribution in [-0.2, 0) is 11.2 Å². The van der Waals surface area contributed by atoms with Gasteiger partial charge in [-0.25, -0.2) is 5.43 Å². The van der Waals surface area contributed by atoms with Gasteiger partial charge in [-0.15, -0.1) is 0 Å². The predicted molar refractivity (Wildman–Crippen MR) is 112 cm³/mol. The van der Waals surface area contributed by atoms with E-state index in [1.165, 1.54) is 19.1 Å². The maximum absolute atomic E-state index is 11.9. The lowest BCUT2D eigenvalue weighted by molar-refractivity contribution is -0.120. The molecule has 0 spiro atoms. The monoisotopic (exact) mass is 406 g/mol. The number of halogens is 2. The Bertz CT molecular complexity index is 741. The maximum Gasteiger partial charge on any atom is 0.244 e. The van der Waals surface area contributed by atoms with Crippen LogP contribution in [0.5, 0.6) is 5.75 Å². The Balaban J connectivity index is 1.87. The van der Waals surface area contributed by atoms with Crippen molar-refractivity contribution in [3.05, 3.63) is 63.6 Å². The minimum Gasteiger partial charge on any atom is -0.490 e. The van der Waals surface area contributed by atoms with Crippen LogP contribution in [0.25, 0.3) is 0 Å². The van der Waals surface area contributed by atoms with Crippen LogP contribution in [0.2, 0.25) is 10.0 Å². The van der Waals surface area contributed by atoms with E-state index >= 15 is 0 Å². The number of nitrogens with zero attached hydrogens (tertiary/aromatic N) is 1. The predicted octanol–water partition coefficient (Wildman–Crippen LogP) is 5.65. The molecule has 0 atom stereocenters. The van der Waals surface area contributed by atoms with Crippen LogP contribution >= 0.6 is 23.2 Å². The van der Waals surface area contributed by atoms with E-state index in [9.17, 15) is 4.79 Å². The molecule has 0 saturated heterocycles. The fourth-order valence-electron chi connectivity index (χ4n) is 2.49. The zero-order valence-electron chi connectivity index (χ0n) is 15.4. The number of carbonyl (C=O) groups excluding carboxylic acids is 1. The zero-order chi connectivity index (χ0) is 19.5. The molecule has 1 amide bonds. The lowest BCUT2D eigenvalue weighted by Gasteiger charge is -2.10. The molecule has 1 N–H and O–H groups in total. The Labute approximate surface area is 170 Å². The molecule has 6 heteroatoms.